The van der Waals surface area contributed by atoms with Gasteiger partial charge in [-0.1, -0.05) is 18.2 Å². The first-order valence-electron chi connectivity index (χ1n) is 9.61. The average molecular weight is 424 g/mol. The van der Waals surface area contributed by atoms with E-state index in [1.165, 1.54) is 22.9 Å². The summed E-state index contributed by atoms with van der Waals surface area (Å²) >= 11 is 0. The molecule has 2 heterocycles. The van der Waals surface area contributed by atoms with Gasteiger partial charge in [0.05, 0.1) is 31.4 Å². The van der Waals surface area contributed by atoms with E-state index >= 15 is 0 Å². The SMILES string of the molecule is COCc1nn2c(c1-c1cccc(OC)c1)NC(=O)C2CC(=O)Nc1cccc(F)c1. The summed E-state index contributed by atoms with van der Waals surface area (Å²) in [5.74, 6) is -0.0711. The summed E-state index contributed by atoms with van der Waals surface area (Å²) < 4.78 is 25.5. The molecular formula is C22H21FN4O4. The summed E-state index contributed by atoms with van der Waals surface area (Å²) in [5.41, 5.74) is 2.46. The van der Waals surface area contributed by atoms with Gasteiger partial charge in [-0.05, 0) is 35.9 Å². The van der Waals surface area contributed by atoms with Crippen LogP contribution >= 0.6 is 0 Å². The van der Waals surface area contributed by atoms with Crippen LogP contribution in [-0.4, -0.2) is 35.8 Å². The van der Waals surface area contributed by atoms with Crippen molar-refractivity contribution < 1.29 is 23.5 Å². The zero-order valence-electron chi connectivity index (χ0n) is 17.0. The third kappa shape index (κ3) is 4.13. The maximum absolute atomic E-state index is 13.4. The fourth-order valence-electron chi connectivity index (χ4n) is 3.59. The fourth-order valence-corrected chi connectivity index (χ4v) is 3.59. The van der Waals surface area contributed by atoms with Gasteiger partial charge in [-0.25, -0.2) is 9.07 Å². The number of carbonyl (C=O) groups excluding carboxylic acids is 2. The fraction of sp³-hybridized carbons (Fsp3) is 0.227. The van der Waals surface area contributed by atoms with Crippen LogP contribution in [0.1, 0.15) is 18.2 Å². The Morgan fingerprint density at radius 3 is 2.77 bits per heavy atom. The molecule has 0 aliphatic carbocycles. The summed E-state index contributed by atoms with van der Waals surface area (Å²) in [6, 6.07) is 12.1. The monoisotopic (exact) mass is 424 g/mol. The molecule has 0 spiro atoms. The summed E-state index contributed by atoms with van der Waals surface area (Å²) in [6.45, 7) is 0.227. The highest BCUT2D eigenvalue weighted by atomic mass is 19.1. The van der Waals surface area contributed by atoms with E-state index in [-0.39, 0.29) is 18.9 Å². The second kappa shape index (κ2) is 8.57. The Labute approximate surface area is 178 Å². The molecule has 31 heavy (non-hydrogen) atoms. The molecule has 2 N–H and O–H groups in total. The normalized spacial score (nSPS) is 14.8. The number of methoxy groups -OCH3 is 2. The number of halogens is 1. The number of ether oxygens (including phenoxy) is 2. The highest BCUT2D eigenvalue weighted by Crippen LogP contribution is 2.39. The van der Waals surface area contributed by atoms with Crippen LogP contribution in [0.3, 0.4) is 0 Å². The molecule has 8 nitrogen and oxygen atoms in total. The van der Waals surface area contributed by atoms with Crippen molar-refractivity contribution in [2.45, 2.75) is 19.1 Å². The summed E-state index contributed by atoms with van der Waals surface area (Å²) in [5, 5.41) is 9.99. The highest BCUT2D eigenvalue weighted by molar-refractivity contribution is 6.04. The molecule has 1 atom stereocenters. The van der Waals surface area contributed by atoms with E-state index in [0.717, 1.165) is 5.56 Å². The third-order valence-corrected chi connectivity index (χ3v) is 4.95. The summed E-state index contributed by atoms with van der Waals surface area (Å²) in [4.78, 5) is 25.2. The largest absolute Gasteiger partial charge is 0.497 e. The van der Waals surface area contributed by atoms with E-state index in [4.69, 9.17) is 9.47 Å². The van der Waals surface area contributed by atoms with E-state index in [0.29, 0.717) is 28.5 Å². The van der Waals surface area contributed by atoms with Crippen LogP contribution in [0.15, 0.2) is 48.5 Å². The Morgan fingerprint density at radius 2 is 2.03 bits per heavy atom. The molecule has 9 heteroatoms. The first kappa shape index (κ1) is 20.5. The van der Waals surface area contributed by atoms with Gasteiger partial charge in [0.25, 0.3) is 5.91 Å². The van der Waals surface area contributed by atoms with Gasteiger partial charge in [-0.3, -0.25) is 9.59 Å². The van der Waals surface area contributed by atoms with E-state index in [2.05, 4.69) is 15.7 Å². The van der Waals surface area contributed by atoms with E-state index in [1.807, 2.05) is 24.3 Å². The first-order chi connectivity index (χ1) is 15.0. The Balaban J connectivity index is 1.64. The second-order valence-corrected chi connectivity index (χ2v) is 7.05. The molecule has 0 radical (unpaired) electrons. The zero-order chi connectivity index (χ0) is 22.0. The number of hydrogen-bond donors (Lipinski definition) is 2. The van der Waals surface area contributed by atoms with Gasteiger partial charge in [0.15, 0.2) is 0 Å². The third-order valence-electron chi connectivity index (χ3n) is 4.95. The molecule has 1 aromatic heterocycles. The standard InChI is InChI=1S/C22H21FN4O4/c1-30-12-17-20(13-5-3-8-16(9-13)31-2)21-25-22(29)18(27(21)26-17)11-19(28)24-15-7-4-6-14(23)10-15/h3-10,18H,11-12H2,1-2H3,(H,24,28)(H,25,29). The molecular weight excluding hydrogens is 403 g/mol. The number of nitrogens with one attached hydrogen (secondary N) is 2. The van der Waals surface area contributed by atoms with Gasteiger partial charge < -0.3 is 20.1 Å². The van der Waals surface area contributed by atoms with Gasteiger partial charge in [0, 0.05) is 12.8 Å². The molecule has 0 saturated carbocycles. The molecule has 1 unspecified atom stereocenters. The van der Waals surface area contributed by atoms with Crippen LogP contribution in [0.4, 0.5) is 15.9 Å². The van der Waals surface area contributed by atoms with Crippen molar-refractivity contribution in [2.24, 2.45) is 0 Å². The smallest absolute Gasteiger partial charge is 0.251 e. The van der Waals surface area contributed by atoms with Gasteiger partial charge in [0.1, 0.15) is 23.4 Å². The minimum Gasteiger partial charge on any atom is -0.497 e. The number of nitrogens with zero attached hydrogens (tertiary/aromatic N) is 2. The minimum absolute atomic E-state index is 0.152. The van der Waals surface area contributed by atoms with Gasteiger partial charge >= 0.3 is 0 Å². The lowest BCUT2D eigenvalue weighted by Gasteiger charge is -2.10. The lowest BCUT2D eigenvalue weighted by atomic mass is 10.1. The predicted molar refractivity (Wildman–Crippen MR) is 112 cm³/mol. The minimum atomic E-state index is -0.835. The lowest BCUT2D eigenvalue weighted by molar-refractivity contribution is -0.123. The number of hydrogen-bond acceptors (Lipinski definition) is 5. The van der Waals surface area contributed by atoms with Crippen LogP contribution in [-0.2, 0) is 20.9 Å². The van der Waals surface area contributed by atoms with Crippen molar-refractivity contribution >= 4 is 23.3 Å². The molecule has 2 amide bonds. The van der Waals surface area contributed by atoms with Crippen LogP contribution in [0, 0.1) is 5.82 Å². The van der Waals surface area contributed by atoms with Crippen molar-refractivity contribution in [3.63, 3.8) is 0 Å². The molecule has 1 aliphatic rings. The maximum Gasteiger partial charge on any atom is 0.251 e. The Hall–Kier alpha value is -3.72. The number of amides is 2. The maximum atomic E-state index is 13.4. The number of carbonyl (C=O) groups is 2. The van der Waals surface area contributed by atoms with E-state index in [1.54, 1.807) is 20.3 Å². The first-order valence-corrected chi connectivity index (χ1v) is 9.61. The molecule has 2 aromatic carbocycles. The lowest BCUT2D eigenvalue weighted by Crippen LogP contribution is -2.24. The predicted octanol–water partition coefficient (Wildman–Crippen LogP) is 3.37. The number of anilines is 2. The Kier molecular flexibility index (Phi) is 5.68. The molecule has 160 valence electrons. The van der Waals surface area contributed by atoms with Crippen molar-refractivity contribution in [3.8, 4) is 16.9 Å². The number of aromatic nitrogens is 2. The van der Waals surface area contributed by atoms with Crippen LogP contribution < -0.4 is 15.4 Å². The van der Waals surface area contributed by atoms with E-state index in [9.17, 15) is 14.0 Å². The number of benzene rings is 2. The Bertz CT molecular complexity index is 1140. The average Bonchev–Trinajstić information content (AvgIpc) is 3.23. The highest BCUT2D eigenvalue weighted by Gasteiger charge is 2.37. The molecule has 3 aromatic rings. The number of fused-ring (bicyclic) bond motifs is 1. The summed E-state index contributed by atoms with van der Waals surface area (Å²) in [7, 11) is 3.13. The second-order valence-electron chi connectivity index (χ2n) is 7.05. The molecule has 0 fully saturated rings. The van der Waals surface area contributed by atoms with Crippen molar-refractivity contribution in [1.82, 2.24) is 9.78 Å². The molecule has 0 saturated heterocycles. The van der Waals surface area contributed by atoms with Crippen LogP contribution in [0.2, 0.25) is 0 Å². The quantitative estimate of drug-likeness (QED) is 0.607. The number of rotatable bonds is 7. The van der Waals surface area contributed by atoms with Gasteiger partial charge in [-0.2, -0.15) is 5.10 Å². The van der Waals surface area contributed by atoms with Crippen molar-refractivity contribution in [1.29, 1.82) is 0 Å². The zero-order valence-corrected chi connectivity index (χ0v) is 17.0. The Morgan fingerprint density at radius 1 is 1.23 bits per heavy atom. The van der Waals surface area contributed by atoms with E-state index < -0.39 is 17.8 Å². The molecule has 4 rings (SSSR count). The molecule has 1 aliphatic heterocycles. The van der Waals surface area contributed by atoms with Crippen molar-refractivity contribution in [2.75, 3.05) is 24.9 Å². The van der Waals surface area contributed by atoms with Crippen molar-refractivity contribution in [3.05, 3.63) is 60.0 Å². The molecule has 0 bridgehead atoms. The van der Waals surface area contributed by atoms with Crippen LogP contribution in [0.5, 0.6) is 5.75 Å². The van der Waals surface area contributed by atoms with Crippen LogP contribution in [0.25, 0.3) is 11.1 Å². The topological polar surface area (TPSA) is 94.5 Å². The van der Waals surface area contributed by atoms with Gasteiger partial charge in [0.2, 0.25) is 5.91 Å². The summed E-state index contributed by atoms with van der Waals surface area (Å²) in [6.07, 6.45) is -0.152. The van der Waals surface area contributed by atoms with Gasteiger partial charge in [-0.15, -0.1) is 0 Å².